The lowest BCUT2D eigenvalue weighted by Gasteiger charge is -2.22. The zero-order chi connectivity index (χ0) is 17.7. The number of nitrogens with zero attached hydrogens (tertiary/aromatic N) is 2. The van der Waals surface area contributed by atoms with E-state index in [1.165, 1.54) is 0 Å². The fourth-order valence-corrected chi connectivity index (χ4v) is 2.19. The van der Waals surface area contributed by atoms with Crippen molar-refractivity contribution < 1.29 is 19.4 Å². The Morgan fingerprint density at radius 2 is 2.08 bits per heavy atom. The molecule has 2 rings (SSSR count). The Balaban J connectivity index is 2.14. The molecule has 0 bridgehead atoms. The van der Waals surface area contributed by atoms with Crippen molar-refractivity contribution in [2.24, 2.45) is 0 Å². The van der Waals surface area contributed by atoms with Crippen LogP contribution in [0.1, 0.15) is 26.5 Å². The predicted octanol–water partition coefficient (Wildman–Crippen LogP) is 2.39. The standard InChI is InChI=1S/C17H21N3O4/c1-17(2,3)24-16(23)19-14(15(21)22)10-12-7-5-9-20(12)13-6-4-8-18-11-13/h4-9,11,14H,10H2,1-3H3,(H,19,23)(H,21,22). The molecular weight excluding hydrogens is 310 g/mol. The summed E-state index contributed by atoms with van der Waals surface area (Å²) in [7, 11) is 0. The SMILES string of the molecule is CC(C)(C)OC(=O)NC(Cc1cccn1-c1cccnc1)C(=O)O. The number of carbonyl (C=O) groups is 2. The van der Waals surface area contributed by atoms with Gasteiger partial charge in [-0.05, 0) is 45.0 Å². The molecule has 2 heterocycles. The van der Waals surface area contributed by atoms with Crippen LogP contribution in [0, 0.1) is 0 Å². The molecule has 0 aliphatic carbocycles. The highest BCUT2D eigenvalue weighted by atomic mass is 16.6. The molecule has 2 aromatic heterocycles. The monoisotopic (exact) mass is 331 g/mol. The maximum atomic E-state index is 11.8. The van der Waals surface area contributed by atoms with E-state index in [0.29, 0.717) is 0 Å². The van der Waals surface area contributed by atoms with E-state index in [4.69, 9.17) is 4.74 Å². The molecule has 1 atom stereocenters. The van der Waals surface area contributed by atoms with Crippen LogP contribution in [0.2, 0.25) is 0 Å². The molecule has 2 aromatic rings. The molecule has 0 fully saturated rings. The molecule has 0 spiro atoms. The first-order valence-electron chi connectivity index (χ1n) is 7.55. The smallest absolute Gasteiger partial charge is 0.408 e. The van der Waals surface area contributed by atoms with Gasteiger partial charge in [0.05, 0.1) is 11.9 Å². The van der Waals surface area contributed by atoms with E-state index in [1.54, 1.807) is 45.3 Å². The zero-order valence-corrected chi connectivity index (χ0v) is 13.9. The lowest BCUT2D eigenvalue weighted by Crippen LogP contribution is -2.44. The number of nitrogens with one attached hydrogen (secondary N) is 1. The van der Waals surface area contributed by atoms with Crippen LogP contribution in [-0.4, -0.2) is 38.4 Å². The third kappa shape index (κ3) is 4.84. The zero-order valence-electron chi connectivity index (χ0n) is 13.9. The molecule has 24 heavy (non-hydrogen) atoms. The number of carboxylic acids is 1. The molecule has 7 heteroatoms. The first kappa shape index (κ1) is 17.5. The van der Waals surface area contributed by atoms with Gasteiger partial charge in [-0.1, -0.05) is 0 Å². The summed E-state index contributed by atoms with van der Waals surface area (Å²) in [6.45, 7) is 5.15. The molecule has 2 N–H and O–H groups in total. The number of hydrogen-bond acceptors (Lipinski definition) is 4. The van der Waals surface area contributed by atoms with Gasteiger partial charge < -0.3 is 19.7 Å². The maximum absolute atomic E-state index is 11.8. The number of carbonyl (C=O) groups excluding carboxylic acids is 1. The Bertz CT molecular complexity index is 704. The third-order valence-corrected chi connectivity index (χ3v) is 3.16. The number of aliphatic carboxylic acids is 1. The lowest BCUT2D eigenvalue weighted by atomic mass is 10.1. The van der Waals surface area contributed by atoms with Crippen LogP contribution in [0.5, 0.6) is 0 Å². The Kier molecular flexibility index (Phi) is 5.23. The predicted molar refractivity (Wildman–Crippen MR) is 88.1 cm³/mol. The molecule has 1 unspecified atom stereocenters. The van der Waals surface area contributed by atoms with Crippen molar-refractivity contribution in [3.05, 3.63) is 48.5 Å². The number of ether oxygens (including phenoxy) is 1. The highest BCUT2D eigenvalue weighted by Crippen LogP contribution is 2.14. The van der Waals surface area contributed by atoms with Gasteiger partial charge >= 0.3 is 12.1 Å². The van der Waals surface area contributed by atoms with Crippen molar-refractivity contribution in [2.45, 2.75) is 38.8 Å². The quantitative estimate of drug-likeness (QED) is 0.877. The average molecular weight is 331 g/mol. The van der Waals surface area contributed by atoms with Crippen LogP contribution < -0.4 is 5.32 Å². The van der Waals surface area contributed by atoms with Crippen molar-refractivity contribution in [2.75, 3.05) is 0 Å². The van der Waals surface area contributed by atoms with Crippen LogP contribution in [0.25, 0.3) is 5.69 Å². The van der Waals surface area contributed by atoms with Gasteiger partial charge in [-0.3, -0.25) is 4.98 Å². The van der Waals surface area contributed by atoms with Crippen LogP contribution in [0.3, 0.4) is 0 Å². The van der Waals surface area contributed by atoms with Gasteiger partial charge in [0.2, 0.25) is 0 Å². The van der Waals surface area contributed by atoms with E-state index in [2.05, 4.69) is 10.3 Å². The van der Waals surface area contributed by atoms with E-state index < -0.39 is 23.7 Å². The minimum absolute atomic E-state index is 0.121. The molecule has 0 radical (unpaired) electrons. The maximum Gasteiger partial charge on any atom is 0.408 e. The van der Waals surface area contributed by atoms with Gasteiger partial charge in [-0.2, -0.15) is 0 Å². The van der Waals surface area contributed by atoms with Gasteiger partial charge in [0.15, 0.2) is 0 Å². The van der Waals surface area contributed by atoms with E-state index in [0.717, 1.165) is 11.4 Å². The highest BCUT2D eigenvalue weighted by Gasteiger charge is 2.25. The molecule has 128 valence electrons. The molecule has 1 amide bonds. The molecule has 7 nitrogen and oxygen atoms in total. The van der Waals surface area contributed by atoms with Gasteiger partial charge in [-0.15, -0.1) is 0 Å². The Hall–Kier alpha value is -2.83. The Morgan fingerprint density at radius 1 is 1.33 bits per heavy atom. The summed E-state index contributed by atoms with van der Waals surface area (Å²) < 4.78 is 6.96. The number of pyridine rings is 1. The minimum Gasteiger partial charge on any atom is -0.480 e. The van der Waals surface area contributed by atoms with Crippen LogP contribution in [0.4, 0.5) is 4.79 Å². The van der Waals surface area contributed by atoms with E-state index in [1.807, 2.05) is 22.9 Å². The lowest BCUT2D eigenvalue weighted by molar-refractivity contribution is -0.139. The van der Waals surface area contributed by atoms with E-state index >= 15 is 0 Å². The van der Waals surface area contributed by atoms with Crippen LogP contribution in [-0.2, 0) is 16.0 Å². The third-order valence-electron chi connectivity index (χ3n) is 3.16. The normalized spacial score (nSPS) is 12.5. The van der Waals surface area contributed by atoms with E-state index in [-0.39, 0.29) is 6.42 Å². The number of amides is 1. The van der Waals surface area contributed by atoms with Crippen LogP contribution >= 0.6 is 0 Å². The molecule has 0 aromatic carbocycles. The van der Waals surface area contributed by atoms with Crippen molar-refractivity contribution in [3.63, 3.8) is 0 Å². The fourth-order valence-electron chi connectivity index (χ4n) is 2.19. The summed E-state index contributed by atoms with van der Waals surface area (Å²) in [6, 6.07) is 6.19. The second-order valence-corrected chi connectivity index (χ2v) is 6.32. The van der Waals surface area contributed by atoms with Crippen molar-refractivity contribution in [1.82, 2.24) is 14.9 Å². The number of hydrogen-bond donors (Lipinski definition) is 2. The fraction of sp³-hybridized carbons (Fsp3) is 0.353. The summed E-state index contributed by atoms with van der Waals surface area (Å²) in [5.41, 5.74) is 0.869. The topological polar surface area (TPSA) is 93.5 Å². The molecule has 0 aliphatic heterocycles. The molecule has 0 saturated heterocycles. The second kappa shape index (κ2) is 7.16. The molecule has 0 aliphatic rings. The largest absolute Gasteiger partial charge is 0.480 e. The Labute approximate surface area is 140 Å². The van der Waals surface area contributed by atoms with Gasteiger partial charge in [-0.25, -0.2) is 9.59 Å². The van der Waals surface area contributed by atoms with Crippen LogP contribution in [0.15, 0.2) is 42.9 Å². The first-order valence-corrected chi connectivity index (χ1v) is 7.55. The van der Waals surface area contributed by atoms with Crippen molar-refractivity contribution >= 4 is 12.1 Å². The number of rotatable bonds is 5. The van der Waals surface area contributed by atoms with Gasteiger partial charge in [0.25, 0.3) is 0 Å². The summed E-state index contributed by atoms with van der Waals surface area (Å²) >= 11 is 0. The van der Waals surface area contributed by atoms with Gasteiger partial charge in [0, 0.05) is 24.5 Å². The van der Waals surface area contributed by atoms with Gasteiger partial charge in [0.1, 0.15) is 11.6 Å². The highest BCUT2D eigenvalue weighted by molar-refractivity contribution is 5.80. The summed E-state index contributed by atoms with van der Waals surface area (Å²) in [5.74, 6) is -1.13. The minimum atomic E-state index is -1.13. The second-order valence-electron chi connectivity index (χ2n) is 6.32. The average Bonchev–Trinajstić information content (AvgIpc) is 2.93. The summed E-state index contributed by atoms with van der Waals surface area (Å²) in [4.78, 5) is 27.4. The van der Waals surface area contributed by atoms with Crippen molar-refractivity contribution in [1.29, 1.82) is 0 Å². The Morgan fingerprint density at radius 3 is 2.67 bits per heavy atom. The summed E-state index contributed by atoms with van der Waals surface area (Å²) in [6.07, 6.45) is 4.53. The number of alkyl carbamates (subject to hydrolysis) is 1. The molecule has 0 saturated carbocycles. The van der Waals surface area contributed by atoms with E-state index in [9.17, 15) is 14.7 Å². The first-order chi connectivity index (χ1) is 11.3. The molecular formula is C17H21N3O4. The summed E-state index contributed by atoms with van der Waals surface area (Å²) in [5, 5.41) is 11.8. The number of aromatic nitrogens is 2. The van der Waals surface area contributed by atoms with Crippen molar-refractivity contribution in [3.8, 4) is 5.69 Å². The number of carboxylic acid groups (broad SMARTS) is 1.